The van der Waals surface area contributed by atoms with E-state index in [2.05, 4.69) is 34.1 Å². The lowest BCUT2D eigenvalue weighted by Crippen LogP contribution is -2.24. The van der Waals surface area contributed by atoms with Crippen LogP contribution >= 0.6 is 0 Å². The van der Waals surface area contributed by atoms with Crippen molar-refractivity contribution in [1.29, 1.82) is 0 Å². The lowest BCUT2D eigenvalue weighted by molar-refractivity contribution is 0.314. The summed E-state index contributed by atoms with van der Waals surface area (Å²) in [6, 6.07) is 8.69. The normalized spacial score (nSPS) is 28.3. The van der Waals surface area contributed by atoms with E-state index in [0.717, 1.165) is 12.5 Å². The summed E-state index contributed by atoms with van der Waals surface area (Å²) in [7, 11) is 0. The van der Waals surface area contributed by atoms with Crippen molar-refractivity contribution < 1.29 is 0 Å². The Hall–Kier alpha value is -1.28. The van der Waals surface area contributed by atoms with Gasteiger partial charge in [0.05, 0.1) is 0 Å². The van der Waals surface area contributed by atoms with Gasteiger partial charge in [0.25, 0.3) is 0 Å². The van der Waals surface area contributed by atoms with E-state index in [1.807, 2.05) is 0 Å². The Bertz CT molecular complexity index is 526. The van der Waals surface area contributed by atoms with Crippen molar-refractivity contribution in [2.24, 2.45) is 0 Å². The van der Waals surface area contributed by atoms with Crippen molar-refractivity contribution >= 4 is 10.9 Å². The Balaban J connectivity index is 2.04. The molecule has 1 aromatic heterocycles. The number of nitrogens with zero attached hydrogens (tertiary/aromatic N) is 1. The molecule has 3 heterocycles. The Morgan fingerprint density at radius 2 is 2.20 bits per heavy atom. The third-order valence-corrected chi connectivity index (χ3v) is 3.91. The number of aromatic nitrogens is 1. The van der Waals surface area contributed by atoms with Crippen molar-refractivity contribution in [1.82, 2.24) is 9.88 Å². The molecule has 15 heavy (non-hydrogen) atoms. The van der Waals surface area contributed by atoms with E-state index >= 15 is 0 Å². The van der Waals surface area contributed by atoms with Crippen molar-refractivity contribution in [2.45, 2.75) is 18.9 Å². The highest BCUT2D eigenvalue weighted by Gasteiger charge is 2.33. The van der Waals surface area contributed by atoms with Crippen LogP contribution in [0.15, 0.2) is 24.3 Å². The van der Waals surface area contributed by atoms with E-state index in [1.165, 1.54) is 36.1 Å². The van der Waals surface area contributed by atoms with Crippen LogP contribution in [0.25, 0.3) is 10.9 Å². The van der Waals surface area contributed by atoms with Gasteiger partial charge in [-0.3, -0.25) is 4.90 Å². The average molecular weight is 198 g/mol. The molecule has 1 aromatic carbocycles. The van der Waals surface area contributed by atoms with E-state index in [9.17, 15) is 0 Å². The van der Waals surface area contributed by atoms with E-state index in [1.54, 1.807) is 5.56 Å². The summed E-state index contributed by atoms with van der Waals surface area (Å²) < 4.78 is 0. The zero-order chi connectivity index (χ0) is 9.83. The van der Waals surface area contributed by atoms with Gasteiger partial charge in [0.1, 0.15) is 0 Å². The minimum Gasteiger partial charge on any atom is -0.358 e. The van der Waals surface area contributed by atoms with Gasteiger partial charge >= 0.3 is 0 Å². The Labute approximate surface area is 88.9 Å². The van der Waals surface area contributed by atoms with Gasteiger partial charge in [-0.05, 0) is 24.6 Å². The van der Waals surface area contributed by atoms with Crippen LogP contribution < -0.4 is 0 Å². The molecule has 2 aromatic rings. The van der Waals surface area contributed by atoms with Crippen LogP contribution in [0.1, 0.15) is 23.6 Å². The molecule has 1 saturated heterocycles. The number of benzene rings is 1. The topological polar surface area (TPSA) is 19.0 Å². The zero-order valence-corrected chi connectivity index (χ0v) is 8.66. The van der Waals surface area contributed by atoms with Crippen molar-refractivity contribution in [2.75, 3.05) is 13.1 Å². The quantitative estimate of drug-likeness (QED) is 0.689. The van der Waals surface area contributed by atoms with Gasteiger partial charge in [-0.25, -0.2) is 0 Å². The number of H-pyrrole nitrogens is 1. The summed E-state index contributed by atoms with van der Waals surface area (Å²) in [6.45, 7) is 3.69. The van der Waals surface area contributed by atoms with E-state index in [4.69, 9.17) is 0 Å². The number of fused-ring (bicyclic) bond motifs is 6. The third-order valence-electron chi connectivity index (χ3n) is 3.91. The largest absolute Gasteiger partial charge is 0.358 e. The highest BCUT2D eigenvalue weighted by atomic mass is 15.2. The van der Waals surface area contributed by atoms with Gasteiger partial charge < -0.3 is 4.98 Å². The zero-order valence-electron chi connectivity index (χ0n) is 8.66. The summed E-state index contributed by atoms with van der Waals surface area (Å²) in [5.41, 5.74) is 4.39. The van der Waals surface area contributed by atoms with Crippen molar-refractivity contribution in [3.8, 4) is 0 Å². The first kappa shape index (κ1) is 7.94. The first-order chi connectivity index (χ1) is 7.42. The van der Waals surface area contributed by atoms with Crippen molar-refractivity contribution in [3.63, 3.8) is 0 Å². The average Bonchev–Trinajstić information content (AvgIpc) is 2.83. The summed E-state index contributed by atoms with van der Waals surface area (Å²) in [5.74, 6) is 0.765. The van der Waals surface area contributed by atoms with Gasteiger partial charge in [0.15, 0.2) is 0 Å². The Morgan fingerprint density at radius 3 is 3.20 bits per heavy atom. The molecule has 0 amide bonds. The Kier molecular flexibility index (Phi) is 1.40. The second-order valence-corrected chi connectivity index (χ2v) is 4.78. The molecule has 2 nitrogen and oxygen atoms in total. The summed E-state index contributed by atoms with van der Waals surface area (Å²) in [4.78, 5) is 6.19. The van der Waals surface area contributed by atoms with Crippen molar-refractivity contribution in [3.05, 3.63) is 35.5 Å². The van der Waals surface area contributed by atoms with E-state index < -0.39 is 0 Å². The third kappa shape index (κ3) is 0.975. The van der Waals surface area contributed by atoms with Crippen LogP contribution in [-0.4, -0.2) is 23.0 Å². The van der Waals surface area contributed by atoms with Crippen LogP contribution in [0, 0.1) is 0 Å². The molecular weight excluding hydrogens is 184 g/mol. The fourth-order valence-corrected chi connectivity index (χ4v) is 3.18. The van der Waals surface area contributed by atoms with Gasteiger partial charge in [0, 0.05) is 35.6 Å². The maximum absolute atomic E-state index is 3.62. The molecule has 4 rings (SSSR count). The number of hydrogen-bond acceptors (Lipinski definition) is 1. The summed E-state index contributed by atoms with van der Waals surface area (Å²) >= 11 is 0. The van der Waals surface area contributed by atoms with Crippen LogP contribution in [-0.2, 0) is 6.54 Å². The van der Waals surface area contributed by atoms with Crippen LogP contribution in [0.3, 0.4) is 0 Å². The first-order valence-corrected chi connectivity index (χ1v) is 5.73. The van der Waals surface area contributed by atoms with Gasteiger partial charge in [-0.15, -0.1) is 0 Å². The second-order valence-electron chi connectivity index (χ2n) is 4.78. The molecule has 0 saturated carbocycles. The SMILES string of the molecule is c1ccc2c3c([nH]c2c1)C1CCN(C3)C1. The first-order valence-electron chi connectivity index (χ1n) is 5.73. The van der Waals surface area contributed by atoms with Crippen LogP contribution in [0.4, 0.5) is 0 Å². The molecule has 1 N–H and O–H groups in total. The summed E-state index contributed by atoms with van der Waals surface area (Å²) in [6.07, 6.45) is 1.33. The molecule has 2 unspecified atom stereocenters. The second kappa shape index (κ2) is 2.64. The molecule has 0 spiro atoms. The molecule has 0 aliphatic carbocycles. The molecule has 2 aliphatic rings. The number of para-hydroxylation sites is 1. The maximum Gasteiger partial charge on any atom is 0.0459 e. The maximum atomic E-state index is 3.62. The molecule has 2 bridgehead atoms. The molecular formula is C13H14N2. The predicted octanol–water partition coefficient (Wildman–Crippen LogP) is 2.47. The Morgan fingerprint density at radius 1 is 1.27 bits per heavy atom. The summed E-state index contributed by atoms with van der Waals surface area (Å²) in [5, 5.41) is 1.43. The van der Waals surface area contributed by atoms with E-state index in [-0.39, 0.29) is 0 Å². The van der Waals surface area contributed by atoms with Crippen LogP contribution in [0.5, 0.6) is 0 Å². The van der Waals surface area contributed by atoms with Crippen LogP contribution in [0.2, 0.25) is 0 Å². The van der Waals surface area contributed by atoms with Gasteiger partial charge in [-0.1, -0.05) is 18.2 Å². The van der Waals surface area contributed by atoms with Gasteiger partial charge in [0.2, 0.25) is 0 Å². The number of aromatic amines is 1. The fourth-order valence-electron chi connectivity index (χ4n) is 3.18. The minimum atomic E-state index is 0.765. The molecule has 2 heteroatoms. The number of nitrogens with one attached hydrogen (secondary N) is 1. The monoisotopic (exact) mass is 198 g/mol. The molecule has 76 valence electrons. The number of rotatable bonds is 0. The minimum absolute atomic E-state index is 0.765. The predicted molar refractivity (Wildman–Crippen MR) is 60.9 cm³/mol. The molecule has 2 aliphatic heterocycles. The molecule has 0 radical (unpaired) electrons. The van der Waals surface area contributed by atoms with Gasteiger partial charge in [-0.2, -0.15) is 0 Å². The molecule has 2 atom stereocenters. The highest BCUT2D eigenvalue weighted by molar-refractivity contribution is 5.85. The number of hydrogen-bond donors (Lipinski definition) is 1. The lowest BCUT2D eigenvalue weighted by Gasteiger charge is -2.22. The highest BCUT2D eigenvalue weighted by Crippen LogP contribution is 2.38. The molecule has 1 fully saturated rings. The fraction of sp³-hybridized carbons (Fsp3) is 0.385. The lowest BCUT2D eigenvalue weighted by atomic mass is 9.97. The smallest absolute Gasteiger partial charge is 0.0459 e. The van der Waals surface area contributed by atoms with E-state index in [0.29, 0.717) is 0 Å². The standard InChI is InChI=1S/C13H14N2/c1-2-4-12-10(3-1)11-8-15-6-5-9(7-15)13(11)14-12/h1-4,9,14H,5-8H2.